The second-order valence-corrected chi connectivity index (χ2v) is 4.64. The van der Waals surface area contributed by atoms with Crippen molar-refractivity contribution in [2.24, 2.45) is 0 Å². The van der Waals surface area contributed by atoms with Gasteiger partial charge in [0.05, 0.1) is 19.4 Å². The lowest BCUT2D eigenvalue weighted by Crippen LogP contribution is -2.21. The Kier molecular flexibility index (Phi) is 4.44. The zero-order valence-electron chi connectivity index (χ0n) is 10.4. The highest BCUT2D eigenvalue weighted by molar-refractivity contribution is 9.10. The predicted molar refractivity (Wildman–Crippen MR) is 74.9 cm³/mol. The molecule has 0 aliphatic carbocycles. The van der Waals surface area contributed by atoms with E-state index in [-0.39, 0.29) is 6.04 Å². The number of furan rings is 1. The molecule has 0 saturated carbocycles. The Balaban J connectivity index is 2.38. The summed E-state index contributed by atoms with van der Waals surface area (Å²) in [5, 5.41) is 3.45. The molecule has 0 aliphatic rings. The number of hydrogen-bond donors (Lipinski definition) is 1. The normalized spacial score (nSPS) is 12.4. The molecule has 1 atom stereocenters. The highest BCUT2D eigenvalue weighted by Crippen LogP contribution is 2.30. The summed E-state index contributed by atoms with van der Waals surface area (Å²) in [7, 11) is 1.68. The minimum atomic E-state index is 0.0956. The van der Waals surface area contributed by atoms with Gasteiger partial charge in [0.2, 0.25) is 0 Å². The van der Waals surface area contributed by atoms with Gasteiger partial charge in [0.25, 0.3) is 0 Å². The summed E-state index contributed by atoms with van der Waals surface area (Å²) in [4.78, 5) is 0. The lowest BCUT2D eigenvalue weighted by molar-refractivity contribution is 0.413. The Morgan fingerprint density at radius 2 is 2.22 bits per heavy atom. The van der Waals surface area contributed by atoms with Crippen molar-refractivity contribution >= 4 is 15.9 Å². The van der Waals surface area contributed by atoms with E-state index < -0.39 is 0 Å². The highest BCUT2D eigenvalue weighted by Gasteiger charge is 2.18. The third-order valence-corrected chi connectivity index (χ3v) is 3.44. The second-order valence-electron chi connectivity index (χ2n) is 3.92. The van der Waals surface area contributed by atoms with Crippen LogP contribution < -0.4 is 10.1 Å². The van der Waals surface area contributed by atoms with Gasteiger partial charge in [-0.1, -0.05) is 19.1 Å². The van der Waals surface area contributed by atoms with Crippen molar-refractivity contribution in [2.75, 3.05) is 13.7 Å². The van der Waals surface area contributed by atoms with Crippen molar-refractivity contribution < 1.29 is 9.15 Å². The van der Waals surface area contributed by atoms with E-state index in [0.29, 0.717) is 0 Å². The fourth-order valence-corrected chi connectivity index (χ4v) is 2.41. The van der Waals surface area contributed by atoms with Crippen LogP contribution in [-0.4, -0.2) is 13.7 Å². The molecule has 1 N–H and O–H groups in total. The lowest BCUT2D eigenvalue weighted by atomic mass is 10.0. The van der Waals surface area contributed by atoms with E-state index in [1.54, 1.807) is 13.4 Å². The maximum absolute atomic E-state index is 5.32. The van der Waals surface area contributed by atoms with E-state index in [1.807, 2.05) is 24.3 Å². The van der Waals surface area contributed by atoms with Gasteiger partial charge in [-0.25, -0.2) is 0 Å². The van der Waals surface area contributed by atoms with E-state index in [4.69, 9.17) is 9.15 Å². The molecular formula is C14H16BrNO2. The first-order valence-corrected chi connectivity index (χ1v) is 6.65. The van der Waals surface area contributed by atoms with Crippen molar-refractivity contribution in [3.63, 3.8) is 0 Å². The summed E-state index contributed by atoms with van der Waals surface area (Å²) in [5.74, 6) is 0.857. The van der Waals surface area contributed by atoms with Gasteiger partial charge < -0.3 is 14.5 Å². The minimum Gasteiger partial charge on any atom is -0.497 e. The molecule has 0 bridgehead atoms. The maximum Gasteiger partial charge on any atom is 0.174 e. The smallest absolute Gasteiger partial charge is 0.174 e. The number of halogens is 1. The molecule has 0 saturated heterocycles. The van der Waals surface area contributed by atoms with Crippen LogP contribution in [0.3, 0.4) is 0 Å². The molecule has 0 aliphatic heterocycles. The maximum atomic E-state index is 5.32. The van der Waals surface area contributed by atoms with Gasteiger partial charge in [-0.3, -0.25) is 0 Å². The van der Waals surface area contributed by atoms with E-state index in [0.717, 1.165) is 28.1 Å². The van der Waals surface area contributed by atoms with Gasteiger partial charge in [-0.2, -0.15) is 0 Å². The van der Waals surface area contributed by atoms with Crippen LogP contribution in [0.5, 0.6) is 5.75 Å². The summed E-state index contributed by atoms with van der Waals surface area (Å²) < 4.78 is 11.3. The Morgan fingerprint density at radius 1 is 1.39 bits per heavy atom. The molecule has 2 aromatic rings. The topological polar surface area (TPSA) is 34.4 Å². The zero-order chi connectivity index (χ0) is 13.0. The first kappa shape index (κ1) is 13.2. The fourth-order valence-electron chi connectivity index (χ4n) is 1.94. The molecule has 4 heteroatoms. The number of ether oxygens (including phenoxy) is 1. The minimum absolute atomic E-state index is 0.0956. The van der Waals surface area contributed by atoms with Crippen LogP contribution in [0, 0.1) is 0 Å². The molecule has 1 aromatic heterocycles. The summed E-state index contributed by atoms with van der Waals surface area (Å²) in [6.45, 7) is 2.96. The van der Waals surface area contributed by atoms with Crippen molar-refractivity contribution in [1.82, 2.24) is 5.32 Å². The standard InChI is InChI=1S/C14H16BrNO2/c1-3-16-13(12-7-8-18-14(12)15)10-5-4-6-11(9-10)17-2/h4-9,13,16H,3H2,1-2H3. The summed E-state index contributed by atoms with van der Waals surface area (Å²) >= 11 is 3.43. The van der Waals surface area contributed by atoms with Crippen LogP contribution in [0.4, 0.5) is 0 Å². The SMILES string of the molecule is CCNC(c1cccc(OC)c1)c1ccoc1Br. The van der Waals surface area contributed by atoms with Gasteiger partial charge in [-0.15, -0.1) is 0 Å². The van der Waals surface area contributed by atoms with Crippen LogP contribution in [0.25, 0.3) is 0 Å². The monoisotopic (exact) mass is 309 g/mol. The van der Waals surface area contributed by atoms with Crippen LogP contribution >= 0.6 is 15.9 Å². The van der Waals surface area contributed by atoms with Crippen LogP contribution in [0.15, 0.2) is 45.7 Å². The van der Waals surface area contributed by atoms with E-state index in [2.05, 4.69) is 34.2 Å². The van der Waals surface area contributed by atoms with Gasteiger partial charge in [-0.05, 0) is 46.2 Å². The largest absolute Gasteiger partial charge is 0.497 e. The van der Waals surface area contributed by atoms with Gasteiger partial charge in [0, 0.05) is 5.56 Å². The number of benzene rings is 1. The lowest BCUT2D eigenvalue weighted by Gasteiger charge is -2.18. The van der Waals surface area contributed by atoms with E-state index >= 15 is 0 Å². The quantitative estimate of drug-likeness (QED) is 0.913. The Labute approximate surface area is 115 Å². The fraction of sp³-hybridized carbons (Fsp3) is 0.286. The third kappa shape index (κ3) is 2.76. The molecule has 1 unspecified atom stereocenters. The van der Waals surface area contributed by atoms with Crippen molar-refractivity contribution in [3.05, 3.63) is 52.4 Å². The first-order valence-electron chi connectivity index (χ1n) is 5.86. The van der Waals surface area contributed by atoms with Gasteiger partial charge in [0.1, 0.15) is 5.75 Å². The van der Waals surface area contributed by atoms with Crippen LogP contribution in [-0.2, 0) is 0 Å². The molecule has 0 spiro atoms. The highest BCUT2D eigenvalue weighted by atomic mass is 79.9. The summed E-state index contributed by atoms with van der Waals surface area (Å²) in [5.41, 5.74) is 2.24. The van der Waals surface area contributed by atoms with E-state index in [9.17, 15) is 0 Å². The summed E-state index contributed by atoms with van der Waals surface area (Å²) in [6.07, 6.45) is 1.68. The van der Waals surface area contributed by atoms with Crippen molar-refractivity contribution in [3.8, 4) is 5.75 Å². The molecule has 1 heterocycles. The Hall–Kier alpha value is -1.26. The third-order valence-electron chi connectivity index (χ3n) is 2.79. The van der Waals surface area contributed by atoms with E-state index in [1.165, 1.54) is 0 Å². The second kappa shape index (κ2) is 6.07. The first-order chi connectivity index (χ1) is 8.76. The average Bonchev–Trinajstić information content (AvgIpc) is 2.82. The molecule has 18 heavy (non-hydrogen) atoms. The van der Waals surface area contributed by atoms with Gasteiger partial charge in [0.15, 0.2) is 4.67 Å². The molecular weight excluding hydrogens is 294 g/mol. The number of hydrogen-bond acceptors (Lipinski definition) is 3. The number of methoxy groups -OCH3 is 1. The molecule has 1 aromatic carbocycles. The Bertz CT molecular complexity index is 510. The number of nitrogens with one attached hydrogen (secondary N) is 1. The molecule has 0 fully saturated rings. The summed E-state index contributed by atoms with van der Waals surface area (Å²) in [6, 6.07) is 10.1. The molecule has 0 amide bonds. The molecule has 2 rings (SSSR count). The predicted octanol–water partition coefficient (Wildman–Crippen LogP) is 3.75. The average molecular weight is 310 g/mol. The van der Waals surface area contributed by atoms with Crippen LogP contribution in [0.1, 0.15) is 24.1 Å². The van der Waals surface area contributed by atoms with Gasteiger partial charge >= 0.3 is 0 Å². The molecule has 3 nitrogen and oxygen atoms in total. The molecule has 96 valence electrons. The molecule has 0 radical (unpaired) electrons. The number of rotatable bonds is 5. The van der Waals surface area contributed by atoms with Crippen molar-refractivity contribution in [2.45, 2.75) is 13.0 Å². The Morgan fingerprint density at radius 3 is 2.83 bits per heavy atom. The zero-order valence-corrected chi connectivity index (χ0v) is 12.0. The van der Waals surface area contributed by atoms with Crippen molar-refractivity contribution in [1.29, 1.82) is 0 Å². The van der Waals surface area contributed by atoms with Crippen LogP contribution in [0.2, 0.25) is 0 Å².